The molecule has 3 amide bonds. The van der Waals surface area contributed by atoms with Crippen molar-refractivity contribution in [3.05, 3.63) is 29.8 Å². The highest BCUT2D eigenvalue weighted by atomic mass is 16.4. The molecule has 0 aliphatic carbocycles. The molecular formula is C24H36N4O9. The molecule has 13 nitrogen and oxygen atoms in total. The Hall–Kier alpha value is -3.71. The summed E-state index contributed by atoms with van der Waals surface area (Å²) in [6.07, 6.45) is -2.05. The van der Waals surface area contributed by atoms with Crippen LogP contribution in [0.5, 0.6) is 5.75 Å². The highest BCUT2D eigenvalue weighted by molar-refractivity contribution is 5.94. The van der Waals surface area contributed by atoms with Gasteiger partial charge in [-0.1, -0.05) is 26.0 Å². The van der Waals surface area contributed by atoms with Gasteiger partial charge in [-0.25, -0.2) is 4.79 Å². The van der Waals surface area contributed by atoms with Crippen molar-refractivity contribution in [1.82, 2.24) is 16.0 Å². The fourth-order valence-corrected chi connectivity index (χ4v) is 3.41. The molecule has 0 saturated heterocycles. The van der Waals surface area contributed by atoms with Crippen molar-refractivity contribution >= 4 is 29.7 Å². The quantitative estimate of drug-likeness (QED) is 0.141. The number of aliphatic hydroxyl groups is 1. The number of aromatic hydroxyl groups is 1. The van der Waals surface area contributed by atoms with Crippen LogP contribution >= 0.6 is 0 Å². The molecule has 0 fully saturated rings. The molecule has 5 unspecified atom stereocenters. The zero-order chi connectivity index (χ0) is 28.3. The van der Waals surface area contributed by atoms with E-state index in [4.69, 9.17) is 10.8 Å². The Labute approximate surface area is 214 Å². The lowest BCUT2D eigenvalue weighted by Crippen LogP contribution is -2.60. The third kappa shape index (κ3) is 11.3. The average molecular weight is 525 g/mol. The minimum absolute atomic E-state index is 0.0590. The Morgan fingerprint density at radius 1 is 0.865 bits per heavy atom. The van der Waals surface area contributed by atoms with Gasteiger partial charge in [0.2, 0.25) is 17.7 Å². The number of aliphatic hydroxyl groups excluding tert-OH is 1. The summed E-state index contributed by atoms with van der Waals surface area (Å²) in [6.45, 7) is 4.82. The molecule has 0 heterocycles. The Balaban J connectivity index is 2.92. The van der Waals surface area contributed by atoms with Gasteiger partial charge >= 0.3 is 11.9 Å². The number of carboxylic acid groups (broad SMARTS) is 2. The second kappa shape index (κ2) is 14.8. The van der Waals surface area contributed by atoms with E-state index in [9.17, 15) is 39.3 Å². The van der Waals surface area contributed by atoms with Gasteiger partial charge in [0.15, 0.2) is 0 Å². The largest absolute Gasteiger partial charge is 0.508 e. The second-order valence-electron chi connectivity index (χ2n) is 9.23. The normalized spacial score (nSPS) is 15.1. The number of phenolic OH excluding ortho intramolecular Hbond substituents is 1. The van der Waals surface area contributed by atoms with Crippen molar-refractivity contribution in [3.8, 4) is 5.75 Å². The molecule has 1 rings (SSSR count). The first-order valence-electron chi connectivity index (χ1n) is 11.8. The fraction of sp³-hybridized carbons (Fsp3) is 0.542. The van der Waals surface area contributed by atoms with Crippen LogP contribution in [0.15, 0.2) is 24.3 Å². The smallest absolute Gasteiger partial charge is 0.326 e. The maximum absolute atomic E-state index is 13.0. The molecule has 0 aliphatic heterocycles. The van der Waals surface area contributed by atoms with E-state index in [0.717, 1.165) is 0 Å². The van der Waals surface area contributed by atoms with Gasteiger partial charge in [0.1, 0.15) is 23.9 Å². The standard InChI is InChI=1S/C24H36N4O9/c1-12(2)10-18(27-21(33)16(25)11-14-4-6-15(30)7-5-14)22(34)28-20(13(3)29)23(35)26-17(24(36)37)8-9-19(31)32/h4-7,12-13,16-18,20,29-30H,8-11,25H2,1-3H3,(H,26,35)(H,27,33)(H,28,34)(H,31,32)(H,36,37). The number of benzene rings is 1. The fourth-order valence-electron chi connectivity index (χ4n) is 3.41. The molecule has 0 spiro atoms. The van der Waals surface area contributed by atoms with Gasteiger partial charge in [0, 0.05) is 6.42 Å². The first-order valence-corrected chi connectivity index (χ1v) is 11.8. The molecule has 13 heteroatoms. The van der Waals surface area contributed by atoms with Crippen LogP contribution in [0.2, 0.25) is 0 Å². The maximum Gasteiger partial charge on any atom is 0.326 e. The Morgan fingerprint density at radius 3 is 1.92 bits per heavy atom. The van der Waals surface area contributed by atoms with Gasteiger partial charge in [0.05, 0.1) is 12.1 Å². The van der Waals surface area contributed by atoms with Crippen LogP contribution in [-0.4, -0.2) is 80.4 Å². The average Bonchev–Trinajstić information content (AvgIpc) is 2.79. The van der Waals surface area contributed by atoms with E-state index in [2.05, 4.69) is 16.0 Å². The molecule has 0 bridgehead atoms. The predicted octanol–water partition coefficient (Wildman–Crippen LogP) is -0.907. The lowest BCUT2D eigenvalue weighted by atomic mass is 10.0. The van der Waals surface area contributed by atoms with Crippen molar-refractivity contribution < 1.29 is 44.4 Å². The Kier molecular flexibility index (Phi) is 12.5. The number of carbonyl (C=O) groups is 5. The lowest BCUT2D eigenvalue weighted by molar-refractivity contribution is -0.144. The number of nitrogens with two attached hydrogens (primary N) is 1. The summed E-state index contributed by atoms with van der Waals surface area (Å²) in [5.74, 6) is -5.18. The number of aliphatic carboxylic acids is 2. The van der Waals surface area contributed by atoms with Crippen LogP contribution < -0.4 is 21.7 Å². The Bertz CT molecular complexity index is 950. The molecule has 1 aromatic carbocycles. The lowest BCUT2D eigenvalue weighted by Gasteiger charge is -2.27. The van der Waals surface area contributed by atoms with Gasteiger partial charge < -0.3 is 42.1 Å². The molecule has 206 valence electrons. The summed E-state index contributed by atoms with van der Waals surface area (Å²) in [5.41, 5.74) is 6.68. The van der Waals surface area contributed by atoms with Crippen LogP contribution in [-0.2, 0) is 30.4 Å². The van der Waals surface area contributed by atoms with E-state index in [1.54, 1.807) is 12.1 Å². The third-order valence-corrected chi connectivity index (χ3v) is 5.39. The first kappa shape index (κ1) is 31.3. The van der Waals surface area contributed by atoms with Crippen molar-refractivity contribution in [2.75, 3.05) is 0 Å². The van der Waals surface area contributed by atoms with Gasteiger partial charge in [-0.2, -0.15) is 0 Å². The zero-order valence-electron chi connectivity index (χ0n) is 21.0. The third-order valence-electron chi connectivity index (χ3n) is 5.39. The van der Waals surface area contributed by atoms with E-state index in [0.29, 0.717) is 5.56 Å². The van der Waals surface area contributed by atoms with Crippen LogP contribution in [0.25, 0.3) is 0 Å². The molecular weight excluding hydrogens is 488 g/mol. The summed E-state index contributed by atoms with van der Waals surface area (Å²) >= 11 is 0. The topological polar surface area (TPSA) is 228 Å². The Morgan fingerprint density at radius 2 is 1.43 bits per heavy atom. The van der Waals surface area contributed by atoms with Crippen molar-refractivity contribution in [2.45, 2.75) is 76.7 Å². The van der Waals surface area contributed by atoms with Crippen molar-refractivity contribution in [1.29, 1.82) is 0 Å². The van der Waals surface area contributed by atoms with Gasteiger partial charge in [0.25, 0.3) is 0 Å². The number of phenols is 1. The van der Waals surface area contributed by atoms with Gasteiger partial charge in [-0.05, 0) is 49.8 Å². The number of hydrogen-bond acceptors (Lipinski definition) is 8. The van der Waals surface area contributed by atoms with Crippen molar-refractivity contribution in [2.24, 2.45) is 11.7 Å². The van der Waals surface area contributed by atoms with Crippen LogP contribution in [0, 0.1) is 5.92 Å². The SMILES string of the molecule is CC(C)CC(NC(=O)C(N)Cc1ccc(O)cc1)C(=O)NC(C(=O)NC(CCC(=O)O)C(=O)O)C(C)O. The van der Waals surface area contributed by atoms with E-state index in [1.807, 2.05) is 13.8 Å². The predicted molar refractivity (Wildman–Crippen MR) is 131 cm³/mol. The molecule has 9 N–H and O–H groups in total. The summed E-state index contributed by atoms with van der Waals surface area (Å²) in [4.78, 5) is 60.5. The minimum Gasteiger partial charge on any atom is -0.508 e. The highest BCUT2D eigenvalue weighted by Crippen LogP contribution is 2.12. The molecule has 0 aliphatic rings. The monoisotopic (exact) mass is 524 g/mol. The molecule has 0 radical (unpaired) electrons. The number of carbonyl (C=O) groups excluding carboxylic acids is 3. The highest BCUT2D eigenvalue weighted by Gasteiger charge is 2.33. The van der Waals surface area contributed by atoms with Gasteiger partial charge in [-0.15, -0.1) is 0 Å². The molecule has 5 atom stereocenters. The number of rotatable bonds is 15. The summed E-state index contributed by atoms with van der Waals surface area (Å²) in [6, 6.07) is 0.853. The summed E-state index contributed by atoms with van der Waals surface area (Å²) in [5, 5.41) is 44.5. The van der Waals surface area contributed by atoms with Gasteiger partial charge in [-0.3, -0.25) is 19.2 Å². The van der Waals surface area contributed by atoms with E-state index in [1.165, 1.54) is 19.1 Å². The van der Waals surface area contributed by atoms with E-state index >= 15 is 0 Å². The first-order chi connectivity index (χ1) is 17.2. The van der Waals surface area contributed by atoms with Crippen LogP contribution in [0.3, 0.4) is 0 Å². The van der Waals surface area contributed by atoms with E-state index in [-0.39, 0.29) is 24.5 Å². The molecule has 1 aromatic rings. The summed E-state index contributed by atoms with van der Waals surface area (Å²) < 4.78 is 0. The van der Waals surface area contributed by atoms with E-state index < -0.39 is 72.8 Å². The number of carboxylic acids is 2. The number of amides is 3. The molecule has 37 heavy (non-hydrogen) atoms. The maximum atomic E-state index is 13.0. The second-order valence-corrected chi connectivity index (χ2v) is 9.23. The zero-order valence-corrected chi connectivity index (χ0v) is 21.0. The van der Waals surface area contributed by atoms with Crippen LogP contribution in [0.1, 0.15) is 45.6 Å². The summed E-state index contributed by atoms with van der Waals surface area (Å²) in [7, 11) is 0. The number of hydrogen-bond donors (Lipinski definition) is 8. The minimum atomic E-state index is -1.57. The molecule has 0 saturated carbocycles. The van der Waals surface area contributed by atoms with Crippen LogP contribution in [0.4, 0.5) is 0 Å². The number of nitrogens with one attached hydrogen (secondary N) is 3. The molecule has 0 aromatic heterocycles. The van der Waals surface area contributed by atoms with Crippen molar-refractivity contribution in [3.63, 3.8) is 0 Å².